The van der Waals surface area contributed by atoms with Gasteiger partial charge < -0.3 is 20.1 Å². The molecule has 0 aliphatic carbocycles. The topological polar surface area (TPSA) is 87.0 Å². The molecule has 3 rings (SSSR count). The zero-order valence-corrected chi connectivity index (χ0v) is 12.5. The van der Waals surface area contributed by atoms with Gasteiger partial charge >= 0.3 is 5.97 Å². The number of esters is 1. The summed E-state index contributed by atoms with van der Waals surface area (Å²) in [5.74, 6) is -0.420. The zero-order valence-electron chi connectivity index (χ0n) is 12.5. The minimum atomic E-state index is -0.384. The number of phenolic OH excluding ortho intramolecular Hbond substituents is 3. The number of hydrogen-bond donors (Lipinski definition) is 3. The Bertz CT molecular complexity index is 725. The second-order valence-corrected chi connectivity index (χ2v) is 5.89. The molecule has 2 unspecified atom stereocenters. The molecule has 3 N–H and O–H groups in total. The number of carbonyl (C=O) groups excluding carboxylic acids is 1. The van der Waals surface area contributed by atoms with Crippen molar-refractivity contribution in [3.8, 4) is 17.2 Å². The number of ether oxygens (including phenoxy) is 1. The lowest BCUT2D eigenvalue weighted by molar-refractivity contribution is -0.141. The van der Waals surface area contributed by atoms with Gasteiger partial charge in [-0.2, -0.15) is 0 Å². The van der Waals surface area contributed by atoms with Crippen molar-refractivity contribution in [3.05, 3.63) is 53.6 Å². The van der Waals surface area contributed by atoms with Gasteiger partial charge in [0.2, 0.25) is 0 Å². The lowest BCUT2D eigenvalue weighted by Gasteiger charge is -2.16. The summed E-state index contributed by atoms with van der Waals surface area (Å²) in [6, 6.07) is 11.2. The third-order valence-electron chi connectivity index (χ3n) is 4.22. The molecule has 0 aromatic heterocycles. The standard InChI is InChI=1S/C18H18O5/c19-14-3-1-2-11(7-14)6-13-10-23-18(22)16(13)9-12-8-15(20)4-5-17(12)21/h1-5,7-8,13,16,19-21H,6,9-10H2. The molecule has 1 heterocycles. The summed E-state index contributed by atoms with van der Waals surface area (Å²) in [6.07, 6.45) is 0.910. The van der Waals surface area contributed by atoms with Crippen LogP contribution in [0.15, 0.2) is 42.5 Å². The summed E-state index contributed by atoms with van der Waals surface area (Å²) in [5.41, 5.74) is 1.45. The van der Waals surface area contributed by atoms with Crippen LogP contribution in [0.1, 0.15) is 11.1 Å². The first-order valence-electron chi connectivity index (χ1n) is 7.48. The highest BCUT2D eigenvalue weighted by molar-refractivity contribution is 5.75. The lowest BCUT2D eigenvalue weighted by atomic mass is 9.85. The third kappa shape index (κ3) is 3.39. The molecule has 5 heteroatoms. The summed E-state index contributed by atoms with van der Waals surface area (Å²) in [5, 5.41) is 29.0. The summed E-state index contributed by atoms with van der Waals surface area (Å²) in [4.78, 5) is 12.0. The zero-order chi connectivity index (χ0) is 16.4. The third-order valence-corrected chi connectivity index (χ3v) is 4.22. The van der Waals surface area contributed by atoms with Crippen molar-refractivity contribution in [2.24, 2.45) is 11.8 Å². The maximum atomic E-state index is 12.0. The molecule has 1 aliphatic heterocycles. The van der Waals surface area contributed by atoms with Gasteiger partial charge in [-0.1, -0.05) is 12.1 Å². The average molecular weight is 314 g/mol. The monoisotopic (exact) mass is 314 g/mol. The number of carbonyl (C=O) groups is 1. The Balaban J connectivity index is 1.78. The van der Waals surface area contributed by atoms with E-state index in [1.54, 1.807) is 18.2 Å². The van der Waals surface area contributed by atoms with Crippen molar-refractivity contribution in [2.45, 2.75) is 12.8 Å². The van der Waals surface area contributed by atoms with Crippen molar-refractivity contribution >= 4 is 5.97 Å². The smallest absolute Gasteiger partial charge is 0.309 e. The van der Waals surface area contributed by atoms with Gasteiger partial charge in [0.25, 0.3) is 0 Å². The molecule has 120 valence electrons. The van der Waals surface area contributed by atoms with Gasteiger partial charge in [0.15, 0.2) is 0 Å². The molecule has 0 saturated carbocycles. The Kier molecular flexibility index (Phi) is 4.10. The number of rotatable bonds is 4. The molecule has 0 amide bonds. The van der Waals surface area contributed by atoms with Gasteiger partial charge in [0.1, 0.15) is 17.2 Å². The molecule has 0 spiro atoms. The fraction of sp³-hybridized carbons (Fsp3) is 0.278. The molecule has 2 aromatic rings. The molecule has 0 bridgehead atoms. The van der Waals surface area contributed by atoms with Crippen molar-refractivity contribution < 1.29 is 24.9 Å². The summed E-state index contributed by atoms with van der Waals surface area (Å²) in [6.45, 7) is 0.318. The first kappa shape index (κ1) is 15.2. The van der Waals surface area contributed by atoms with E-state index in [9.17, 15) is 20.1 Å². The average Bonchev–Trinajstić information content (AvgIpc) is 2.84. The van der Waals surface area contributed by atoms with E-state index in [2.05, 4.69) is 0 Å². The van der Waals surface area contributed by atoms with Crippen molar-refractivity contribution in [2.75, 3.05) is 6.61 Å². The SMILES string of the molecule is O=C1OCC(Cc2cccc(O)c2)C1Cc1cc(O)ccc1O. The van der Waals surface area contributed by atoms with Gasteiger partial charge in [0.05, 0.1) is 12.5 Å². The van der Waals surface area contributed by atoms with Crippen LogP contribution in [0.5, 0.6) is 17.2 Å². The molecule has 23 heavy (non-hydrogen) atoms. The number of benzene rings is 2. The lowest BCUT2D eigenvalue weighted by Crippen LogP contribution is -2.20. The summed E-state index contributed by atoms with van der Waals surface area (Å²) in [7, 11) is 0. The van der Waals surface area contributed by atoms with Crippen LogP contribution in [0.2, 0.25) is 0 Å². The second-order valence-electron chi connectivity index (χ2n) is 5.89. The molecule has 2 atom stereocenters. The highest BCUT2D eigenvalue weighted by Crippen LogP contribution is 2.33. The Morgan fingerprint density at radius 3 is 2.57 bits per heavy atom. The number of phenols is 3. The highest BCUT2D eigenvalue weighted by atomic mass is 16.5. The van der Waals surface area contributed by atoms with E-state index in [-0.39, 0.29) is 35.1 Å². The van der Waals surface area contributed by atoms with Crippen LogP contribution in [0.4, 0.5) is 0 Å². The highest BCUT2D eigenvalue weighted by Gasteiger charge is 2.37. The van der Waals surface area contributed by atoms with Crippen LogP contribution in [0.25, 0.3) is 0 Å². The Morgan fingerprint density at radius 1 is 1.00 bits per heavy atom. The molecule has 1 fully saturated rings. The van der Waals surface area contributed by atoms with E-state index in [0.717, 1.165) is 5.56 Å². The van der Waals surface area contributed by atoms with Gasteiger partial charge in [-0.15, -0.1) is 0 Å². The van der Waals surface area contributed by atoms with Gasteiger partial charge in [-0.25, -0.2) is 0 Å². The van der Waals surface area contributed by atoms with Crippen molar-refractivity contribution in [1.82, 2.24) is 0 Å². The first-order chi connectivity index (χ1) is 11.0. The van der Waals surface area contributed by atoms with E-state index in [4.69, 9.17) is 4.74 Å². The van der Waals surface area contributed by atoms with E-state index in [0.29, 0.717) is 25.0 Å². The van der Waals surface area contributed by atoms with Gasteiger partial charge in [-0.3, -0.25) is 4.79 Å². The van der Waals surface area contributed by atoms with Crippen LogP contribution in [0.3, 0.4) is 0 Å². The quantitative estimate of drug-likeness (QED) is 0.596. The second kappa shape index (κ2) is 6.20. The summed E-state index contributed by atoms with van der Waals surface area (Å²) >= 11 is 0. The van der Waals surface area contributed by atoms with E-state index in [1.807, 2.05) is 6.07 Å². The Morgan fingerprint density at radius 2 is 1.78 bits per heavy atom. The number of aromatic hydroxyl groups is 3. The van der Waals surface area contributed by atoms with E-state index in [1.165, 1.54) is 18.2 Å². The molecule has 1 aliphatic rings. The van der Waals surface area contributed by atoms with E-state index >= 15 is 0 Å². The molecule has 5 nitrogen and oxygen atoms in total. The minimum absolute atomic E-state index is 0.0361. The number of cyclic esters (lactones) is 1. The van der Waals surface area contributed by atoms with Crippen LogP contribution < -0.4 is 0 Å². The normalized spacial score (nSPS) is 20.4. The Labute approximate surface area is 133 Å². The van der Waals surface area contributed by atoms with Gasteiger partial charge in [0, 0.05) is 5.92 Å². The van der Waals surface area contributed by atoms with Crippen LogP contribution in [-0.2, 0) is 22.4 Å². The summed E-state index contributed by atoms with van der Waals surface area (Å²) < 4.78 is 5.18. The van der Waals surface area contributed by atoms with E-state index < -0.39 is 0 Å². The predicted molar refractivity (Wildman–Crippen MR) is 83.2 cm³/mol. The van der Waals surface area contributed by atoms with Crippen LogP contribution in [-0.4, -0.2) is 27.9 Å². The molecule has 0 radical (unpaired) electrons. The molecule has 1 saturated heterocycles. The van der Waals surface area contributed by atoms with Gasteiger partial charge in [-0.05, 0) is 54.3 Å². The van der Waals surface area contributed by atoms with Crippen molar-refractivity contribution in [3.63, 3.8) is 0 Å². The Hall–Kier alpha value is -2.69. The molecular formula is C18H18O5. The maximum absolute atomic E-state index is 12.0. The molecular weight excluding hydrogens is 296 g/mol. The fourth-order valence-corrected chi connectivity index (χ4v) is 3.01. The fourth-order valence-electron chi connectivity index (χ4n) is 3.01. The maximum Gasteiger partial charge on any atom is 0.309 e. The van der Waals surface area contributed by atoms with Crippen LogP contribution in [0, 0.1) is 11.8 Å². The minimum Gasteiger partial charge on any atom is -0.508 e. The number of hydrogen-bond acceptors (Lipinski definition) is 5. The first-order valence-corrected chi connectivity index (χ1v) is 7.48. The van der Waals surface area contributed by atoms with Crippen LogP contribution >= 0.6 is 0 Å². The largest absolute Gasteiger partial charge is 0.508 e. The molecule has 2 aromatic carbocycles. The van der Waals surface area contributed by atoms with Crippen molar-refractivity contribution in [1.29, 1.82) is 0 Å². The predicted octanol–water partition coefficient (Wildman–Crippen LogP) is 2.38.